The van der Waals surface area contributed by atoms with E-state index in [4.69, 9.17) is 4.98 Å². The van der Waals surface area contributed by atoms with Gasteiger partial charge in [0.25, 0.3) is 0 Å². The minimum absolute atomic E-state index is 0.0469. The summed E-state index contributed by atoms with van der Waals surface area (Å²) in [6.45, 7) is 5.46. The average Bonchev–Trinajstić information content (AvgIpc) is 2.93. The van der Waals surface area contributed by atoms with Crippen LogP contribution in [0.1, 0.15) is 29.5 Å². The van der Waals surface area contributed by atoms with E-state index in [1.54, 1.807) is 0 Å². The zero-order valence-corrected chi connectivity index (χ0v) is 22.3. The molecule has 0 unspecified atom stereocenters. The van der Waals surface area contributed by atoms with E-state index in [1.165, 1.54) is 11.1 Å². The Morgan fingerprint density at radius 1 is 0.974 bits per heavy atom. The van der Waals surface area contributed by atoms with Crippen molar-refractivity contribution in [2.45, 2.75) is 32.9 Å². The Bertz CT molecular complexity index is 1380. The number of hydrogen-bond acceptors (Lipinski definition) is 7. The number of anilines is 3. The first-order valence-corrected chi connectivity index (χ1v) is 13.2. The Balaban J connectivity index is 1.15. The minimum Gasteiger partial charge on any atom is -0.365 e. The summed E-state index contributed by atoms with van der Waals surface area (Å²) in [5.74, 6) is 1.64. The molecule has 8 heteroatoms. The maximum absolute atomic E-state index is 12.9. The van der Waals surface area contributed by atoms with Crippen LogP contribution in [0, 0.1) is 12.8 Å². The molecule has 0 radical (unpaired) electrons. The lowest BCUT2D eigenvalue weighted by molar-refractivity contribution is -0.121. The molecule has 196 valence electrons. The molecule has 1 fully saturated rings. The van der Waals surface area contributed by atoms with Crippen molar-refractivity contribution in [1.29, 1.82) is 0 Å². The molecule has 0 spiro atoms. The summed E-state index contributed by atoms with van der Waals surface area (Å²) in [4.78, 5) is 30.7. The largest absolute Gasteiger partial charge is 0.365 e. The number of amides is 1. The van der Waals surface area contributed by atoms with Gasteiger partial charge in [0.15, 0.2) is 0 Å². The van der Waals surface area contributed by atoms with Gasteiger partial charge in [0.1, 0.15) is 5.82 Å². The highest BCUT2D eigenvalue weighted by atomic mass is 16.1. The molecule has 0 aliphatic carbocycles. The number of likely N-dealkylation sites (tertiary alicyclic amines) is 1. The van der Waals surface area contributed by atoms with Crippen LogP contribution in [-0.2, 0) is 17.9 Å². The summed E-state index contributed by atoms with van der Waals surface area (Å²) in [7, 11) is 3.89. The maximum atomic E-state index is 12.9. The molecule has 1 saturated heterocycles. The third-order valence-electron chi connectivity index (χ3n) is 7.04. The molecule has 2 aromatic carbocycles. The topological polar surface area (TPSA) is 86.3 Å². The first-order chi connectivity index (χ1) is 18.4. The Morgan fingerprint density at radius 3 is 2.42 bits per heavy atom. The van der Waals surface area contributed by atoms with E-state index in [-0.39, 0.29) is 11.8 Å². The van der Waals surface area contributed by atoms with Gasteiger partial charge in [-0.15, -0.1) is 0 Å². The van der Waals surface area contributed by atoms with Crippen LogP contribution in [0.4, 0.5) is 17.5 Å². The molecule has 0 atom stereocenters. The second kappa shape index (κ2) is 11.6. The standard InChI is InChI=1S/C30H35N7O/c1-21-4-9-26-27(18-21)34-30(36(2)3)35-28(26)32-19-22-5-7-25(8-6-22)33-29(38)24-12-16-37(17-13-24)20-23-10-14-31-15-11-23/h4-11,14-15,18,24H,12-13,16-17,19-20H2,1-3H3,(H,33,38)(H,32,34,35). The van der Waals surface area contributed by atoms with Gasteiger partial charge in [-0.05, 0) is 85.9 Å². The quantitative estimate of drug-likeness (QED) is 0.351. The number of aryl methyl sites for hydroxylation is 1. The van der Waals surface area contributed by atoms with Crippen molar-refractivity contribution in [1.82, 2.24) is 19.9 Å². The first-order valence-electron chi connectivity index (χ1n) is 13.2. The normalized spacial score (nSPS) is 14.4. The second-order valence-electron chi connectivity index (χ2n) is 10.2. The molecular weight excluding hydrogens is 474 g/mol. The van der Waals surface area contributed by atoms with Crippen molar-refractivity contribution < 1.29 is 4.79 Å². The van der Waals surface area contributed by atoms with Crippen molar-refractivity contribution in [3.63, 3.8) is 0 Å². The van der Waals surface area contributed by atoms with E-state index in [9.17, 15) is 4.79 Å². The highest BCUT2D eigenvalue weighted by Gasteiger charge is 2.25. The zero-order chi connectivity index (χ0) is 26.5. The molecule has 1 aliphatic rings. The molecule has 38 heavy (non-hydrogen) atoms. The van der Waals surface area contributed by atoms with Gasteiger partial charge in [0.2, 0.25) is 11.9 Å². The summed E-state index contributed by atoms with van der Waals surface area (Å²) in [5, 5.41) is 7.59. The molecule has 2 N–H and O–H groups in total. The van der Waals surface area contributed by atoms with Gasteiger partial charge in [-0.2, -0.15) is 4.98 Å². The number of rotatable bonds is 8. The van der Waals surface area contributed by atoms with E-state index >= 15 is 0 Å². The average molecular weight is 510 g/mol. The monoisotopic (exact) mass is 509 g/mol. The lowest BCUT2D eigenvalue weighted by Crippen LogP contribution is -2.37. The number of pyridine rings is 1. The Kier molecular flexibility index (Phi) is 7.79. The Morgan fingerprint density at radius 2 is 1.71 bits per heavy atom. The van der Waals surface area contributed by atoms with Gasteiger partial charge in [-0.1, -0.05) is 18.2 Å². The molecule has 3 heterocycles. The van der Waals surface area contributed by atoms with Crippen LogP contribution in [0.25, 0.3) is 10.9 Å². The third kappa shape index (κ3) is 6.26. The number of benzene rings is 2. The number of aromatic nitrogens is 3. The van der Waals surface area contributed by atoms with Crippen molar-refractivity contribution in [3.05, 3.63) is 83.7 Å². The Hall–Kier alpha value is -4.04. The Labute approximate surface area is 224 Å². The van der Waals surface area contributed by atoms with Crippen molar-refractivity contribution >= 4 is 34.3 Å². The molecule has 0 saturated carbocycles. The summed E-state index contributed by atoms with van der Waals surface area (Å²) in [5.41, 5.74) is 5.29. The number of nitrogens with one attached hydrogen (secondary N) is 2. The van der Waals surface area contributed by atoms with Crippen LogP contribution in [0.15, 0.2) is 67.0 Å². The van der Waals surface area contributed by atoms with Gasteiger partial charge in [0, 0.05) is 56.6 Å². The maximum Gasteiger partial charge on any atom is 0.227 e. The predicted octanol–water partition coefficient (Wildman–Crippen LogP) is 4.86. The van der Waals surface area contributed by atoms with Gasteiger partial charge in [-0.3, -0.25) is 14.7 Å². The number of fused-ring (bicyclic) bond motifs is 1. The molecule has 4 aromatic rings. The van der Waals surface area contributed by atoms with Gasteiger partial charge >= 0.3 is 0 Å². The van der Waals surface area contributed by atoms with Crippen molar-refractivity contribution in [2.75, 3.05) is 42.7 Å². The van der Waals surface area contributed by atoms with E-state index in [0.717, 1.165) is 60.4 Å². The lowest BCUT2D eigenvalue weighted by Gasteiger charge is -2.31. The van der Waals surface area contributed by atoms with Crippen molar-refractivity contribution in [3.8, 4) is 0 Å². The molecule has 1 aliphatic heterocycles. The van der Waals surface area contributed by atoms with Crippen LogP contribution in [0.2, 0.25) is 0 Å². The first kappa shape index (κ1) is 25.6. The number of nitrogens with zero attached hydrogens (tertiary/aromatic N) is 5. The smallest absolute Gasteiger partial charge is 0.227 e. The summed E-state index contributed by atoms with van der Waals surface area (Å²) in [6, 6.07) is 18.4. The predicted molar refractivity (Wildman–Crippen MR) is 153 cm³/mol. The van der Waals surface area contributed by atoms with Crippen LogP contribution in [0.3, 0.4) is 0 Å². The second-order valence-corrected chi connectivity index (χ2v) is 10.2. The van der Waals surface area contributed by atoms with E-state index in [1.807, 2.05) is 55.7 Å². The van der Waals surface area contributed by atoms with E-state index in [0.29, 0.717) is 12.5 Å². The highest BCUT2D eigenvalue weighted by molar-refractivity contribution is 5.92. The van der Waals surface area contributed by atoms with E-state index < -0.39 is 0 Å². The van der Waals surface area contributed by atoms with Gasteiger partial charge < -0.3 is 15.5 Å². The molecule has 0 bridgehead atoms. The molecule has 8 nitrogen and oxygen atoms in total. The van der Waals surface area contributed by atoms with E-state index in [2.05, 4.69) is 62.8 Å². The number of carbonyl (C=O) groups excluding carboxylic acids is 1. The lowest BCUT2D eigenvalue weighted by atomic mass is 9.95. The number of piperidine rings is 1. The fourth-order valence-electron chi connectivity index (χ4n) is 4.80. The summed E-state index contributed by atoms with van der Waals surface area (Å²) in [6.07, 6.45) is 5.41. The fourth-order valence-corrected chi connectivity index (χ4v) is 4.80. The SMILES string of the molecule is Cc1ccc2c(NCc3ccc(NC(=O)C4CCN(Cc5ccncc5)CC4)cc3)nc(N(C)C)nc2c1. The third-order valence-corrected chi connectivity index (χ3v) is 7.04. The molecule has 5 rings (SSSR count). The molecule has 2 aromatic heterocycles. The van der Waals surface area contributed by atoms with Crippen LogP contribution >= 0.6 is 0 Å². The highest BCUT2D eigenvalue weighted by Crippen LogP contribution is 2.25. The van der Waals surface area contributed by atoms with Crippen LogP contribution < -0.4 is 15.5 Å². The fraction of sp³-hybridized carbons (Fsp3) is 0.333. The summed E-state index contributed by atoms with van der Waals surface area (Å²) >= 11 is 0. The van der Waals surface area contributed by atoms with Crippen LogP contribution in [-0.4, -0.2) is 52.9 Å². The minimum atomic E-state index is 0.0469. The molecular formula is C30H35N7O. The molecule has 1 amide bonds. The number of carbonyl (C=O) groups is 1. The zero-order valence-electron chi connectivity index (χ0n) is 22.3. The number of hydrogen-bond donors (Lipinski definition) is 2. The van der Waals surface area contributed by atoms with Gasteiger partial charge in [0.05, 0.1) is 5.52 Å². The van der Waals surface area contributed by atoms with Gasteiger partial charge in [-0.25, -0.2) is 4.98 Å². The van der Waals surface area contributed by atoms with Crippen molar-refractivity contribution in [2.24, 2.45) is 5.92 Å². The summed E-state index contributed by atoms with van der Waals surface area (Å²) < 4.78 is 0. The van der Waals surface area contributed by atoms with Crippen LogP contribution in [0.5, 0.6) is 0 Å².